The van der Waals surface area contributed by atoms with Gasteiger partial charge >= 0.3 is 0 Å². The first-order valence-electron chi connectivity index (χ1n) is 13.6. The minimum absolute atomic E-state index is 0. The summed E-state index contributed by atoms with van der Waals surface area (Å²) in [7, 11) is 0. The highest BCUT2D eigenvalue weighted by Gasteiger charge is 2.10. The lowest BCUT2D eigenvalue weighted by atomic mass is 10.0. The molecule has 5 aromatic rings. The largest absolute Gasteiger partial charge is 0.303 e. The van der Waals surface area contributed by atoms with Crippen molar-refractivity contribution in [3.05, 3.63) is 129 Å². The standard InChI is InChI=1S/C34H38N4.H2/c1-23-19-32(36-33(20-23)37-25(3)7-8-26(37)4)18-17-30-13-11-29(12-14-30)15-16-31-21-24(2)35-34(22-31)38-27(5)9-10-28(38)6;/h7-14,19-22H,15-18H2,1-6H3;1H. The molecule has 4 heterocycles. The van der Waals surface area contributed by atoms with Gasteiger partial charge in [0.2, 0.25) is 0 Å². The summed E-state index contributed by atoms with van der Waals surface area (Å²) in [6, 6.07) is 26.6. The van der Waals surface area contributed by atoms with Crippen LogP contribution in [0.1, 0.15) is 57.8 Å². The molecule has 0 radical (unpaired) electrons. The molecule has 4 nitrogen and oxygen atoms in total. The van der Waals surface area contributed by atoms with Gasteiger partial charge in [-0.1, -0.05) is 24.3 Å². The van der Waals surface area contributed by atoms with Gasteiger partial charge in [0.1, 0.15) is 11.6 Å². The number of hydrogen-bond acceptors (Lipinski definition) is 2. The molecule has 0 aliphatic heterocycles. The van der Waals surface area contributed by atoms with E-state index < -0.39 is 0 Å². The highest BCUT2D eigenvalue weighted by molar-refractivity contribution is 5.38. The van der Waals surface area contributed by atoms with Crippen molar-refractivity contribution < 1.29 is 1.43 Å². The van der Waals surface area contributed by atoms with E-state index in [0.29, 0.717) is 0 Å². The van der Waals surface area contributed by atoms with Crippen molar-refractivity contribution in [3.8, 4) is 11.6 Å². The average molecular weight is 505 g/mol. The SMILES string of the molecule is Cc1cc(CCc2ccc(CCc3cc(C)nc(-n4c(C)ccc4C)c3)cc2)nc(-n2c(C)ccc2C)c1.[HH]. The summed E-state index contributed by atoms with van der Waals surface area (Å²) < 4.78 is 4.47. The number of hydrogen-bond donors (Lipinski definition) is 0. The number of rotatable bonds is 8. The third-order valence-corrected chi connectivity index (χ3v) is 7.40. The highest BCUT2D eigenvalue weighted by atomic mass is 15.1. The third-order valence-electron chi connectivity index (χ3n) is 7.40. The lowest BCUT2D eigenvalue weighted by Crippen LogP contribution is -2.05. The van der Waals surface area contributed by atoms with Crippen molar-refractivity contribution in [2.24, 2.45) is 0 Å². The van der Waals surface area contributed by atoms with Gasteiger partial charge in [-0.25, -0.2) is 9.97 Å². The van der Waals surface area contributed by atoms with Gasteiger partial charge in [0.25, 0.3) is 0 Å². The first kappa shape index (κ1) is 25.7. The van der Waals surface area contributed by atoms with E-state index in [4.69, 9.17) is 9.97 Å². The fourth-order valence-electron chi connectivity index (χ4n) is 5.44. The number of benzene rings is 1. The molecule has 0 unspecified atom stereocenters. The van der Waals surface area contributed by atoms with Crippen molar-refractivity contribution in [3.63, 3.8) is 0 Å². The van der Waals surface area contributed by atoms with Crippen LogP contribution in [0.4, 0.5) is 0 Å². The summed E-state index contributed by atoms with van der Waals surface area (Å²) in [5.74, 6) is 2.04. The van der Waals surface area contributed by atoms with Crippen LogP contribution in [0.3, 0.4) is 0 Å². The first-order chi connectivity index (χ1) is 18.3. The molecule has 5 rings (SSSR count). The molecule has 0 saturated heterocycles. The Bertz CT molecular complexity index is 1420. The van der Waals surface area contributed by atoms with Crippen LogP contribution in [0.5, 0.6) is 0 Å². The van der Waals surface area contributed by atoms with E-state index in [2.05, 4.69) is 123 Å². The van der Waals surface area contributed by atoms with Crippen LogP contribution in [0.25, 0.3) is 11.6 Å². The summed E-state index contributed by atoms with van der Waals surface area (Å²) in [5.41, 5.74) is 12.4. The predicted octanol–water partition coefficient (Wildman–Crippen LogP) is 7.72. The Hall–Kier alpha value is -3.92. The number of aryl methyl sites for hydroxylation is 10. The van der Waals surface area contributed by atoms with Gasteiger partial charge in [-0.2, -0.15) is 0 Å². The van der Waals surface area contributed by atoms with Gasteiger partial charge in [-0.15, -0.1) is 0 Å². The first-order valence-corrected chi connectivity index (χ1v) is 13.6. The molecule has 196 valence electrons. The van der Waals surface area contributed by atoms with Crippen LogP contribution in [0.15, 0.2) is 72.8 Å². The van der Waals surface area contributed by atoms with Crippen molar-refractivity contribution in [1.29, 1.82) is 0 Å². The highest BCUT2D eigenvalue weighted by Crippen LogP contribution is 2.20. The topological polar surface area (TPSA) is 35.6 Å². The zero-order valence-electron chi connectivity index (χ0n) is 23.5. The zero-order chi connectivity index (χ0) is 26.8. The Morgan fingerprint density at radius 3 is 1.53 bits per heavy atom. The van der Waals surface area contributed by atoms with Crippen molar-refractivity contribution in [2.45, 2.75) is 67.2 Å². The number of aromatic nitrogens is 4. The second-order valence-electron chi connectivity index (χ2n) is 10.7. The fraction of sp³-hybridized carbons (Fsp3) is 0.294. The van der Waals surface area contributed by atoms with Gasteiger partial charge in [-0.05, 0) is 138 Å². The molecule has 0 bridgehead atoms. The quantitative estimate of drug-likeness (QED) is 0.217. The Kier molecular flexibility index (Phi) is 7.33. The van der Waals surface area contributed by atoms with Gasteiger partial charge in [-0.3, -0.25) is 0 Å². The Labute approximate surface area is 228 Å². The molecule has 4 aromatic heterocycles. The van der Waals surface area contributed by atoms with Crippen LogP contribution >= 0.6 is 0 Å². The molecular weight excluding hydrogens is 464 g/mol. The Morgan fingerprint density at radius 2 is 0.974 bits per heavy atom. The smallest absolute Gasteiger partial charge is 0.137 e. The minimum Gasteiger partial charge on any atom is -0.303 e. The normalized spacial score (nSPS) is 11.3. The molecule has 0 amide bonds. The minimum atomic E-state index is 0. The van der Waals surface area contributed by atoms with Crippen LogP contribution in [0.2, 0.25) is 0 Å². The second-order valence-corrected chi connectivity index (χ2v) is 10.7. The molecule has 1 aromatic carbocycles. The van der Waals surface area contributed by atoms with Crippen molar-refractivity contribution >= 4 is 0 Å². The van der Waals surface area contributed by atoms with E-state index in [1.54, 1.807) is 0 Å². The molecule has 0 spiro atoms. The van der Waals surface area contributed by atoms with Gasteiger partial charge in [0.05, 0.1) is 0 Å². The van der Waals surface area contributed by atoms with Gasteiger partial charge < -0.3 is 9.13 Å². The molecule has 0 atom stereocenters. The lowest BCUT2D eigenvalue weighted by Gasteiger charge is -2.12. The summed E-state index contributed by atoms with van der Waals surface area (Å²) in [6.45, 7) is 12.8. The molecule has 0 fully saturated rings. The maximum Gasteiger partial charge on any atom is 0.137 e. The molecule has 0 aliphatic rings. The lowest BCUT2D eigenvalue weighted by molar-refractivity contribution is 0.860. The average Bonchev–Trinajstić information content (AvgIpc) is 3.40. The molecule has 0 saturated carbocycles. The van der Waals surface area contributed by atoms with E-state index in [9.17, 15) is 0 Å². The molecular formula is C34H40N4. The number of pyridine rings is 2. The molecule has 0 N–H and O–H groups in total. The fourth-order valence-corrected chi connectivity index (χ4v) is 5.44. The van der Waals surface area contributed by atoms with E-state index in [1.165, 1.54) is 45.0 Å². The van der Waals surface area contributed by atoms with Crippen LogP contribution in [-0.2, 0) is 25.7 Å². The summed E-state index contributed by atoms with van der Waals surface area (Å²) in [4.78, 5) is 9.79. The molecule has 4 heteroatoms. The summed E-state index contributed by atoms with van der Waals surface area (Å²) in [5, 5.41) is 0. The van der Waals surface area contributed by atoms with E-state index in [1.807, 2.05) is 0 Å². The van der Waals surface area contributed by atoms with Crippen LogP contribution in [0, 0.1) is 41.5 Å². The van der Waals surface area contributed by atoms with Crippen LogP contribution in [-0.4, -0.2) is 19.1 Å². The van der Waals surface area contributed by atoms with Gasteiger partial charge in [0.15, 0.2) is 0 Å². The van der Waals surface area contributed by atoms with Crippen molar-refractivity contribution in [1.82, 2.24) is 19.1 Å². The summed E-state index contributed by atoms with van der Waals surface area (Å²) in [6.07, 6.45) is 3.95. The zero-order valence-corrected chi connectivity index (χ0v) is 23.5. The maximum atomic E-state index is 4.99. The monoisotopic (exact) mass is 504 g/mol. The van der Waals surface area contributed by atoms with Crippen LogP contribution < -0.4 is 0 Å². The third kappa shape index (κ3) is 5.65. The Balaban J connectivity index is 0.00000353. The number of nitrogens with zero attached hydrogens (tertiary/aromatic N) is 4. The van der Waals surface area contributed by atoms with Crippen molar-refractivity contribution in [2.75, 3.05) is 0 Å². The Morgan fingerprint density at radius 1 is 0.500 bits per heavy atom. The van der Waals surface area contributed by atoms with E-state index in [-0.39, 0.29) is 1.43 Å². The van der Waals surface area contributed by atoms with Gasteiger partial charge in [0, 0.05) is 35.6 Å². The molecule has 38 heavy (non-hydrogen) atoms. The maximum absolute atomic E-state index is 4.99. The predicted molar refractivity (Wildman–Crippen MR) is 159 cm³/mol. The summed E-state index contributed by atoms with van der Waals surface area (Å²) >= 11 is 0. The van der Waals surface area contributed by atoms with E-state index >= 15 is 0 Å². The second kappa shape index (κ2) is 10.8. The van der Waals surface area contributed by atoms with E-state index in [0.717, 1.165) is 48.7 Å². The molecule has 0 aliphatic carbocycles.